The second-order valence-electron chi connectivity index (χ2n) is 3.76. The van der Waals surface area contributed by atoms with E-state index < -0.39 is 5.82 Å². The van der Waals surface area contributed by atoms with Crippen LogP contribution in [0, 0.1) is 17.1 Å². The number of rotatable bonds is 4. The van der Waals surface area contributed by atoms with Gasteiger partial charge in [-0.25, -0.2) is 4.39 Å². The molecule has 0 spiro atoms. The lowest BCUT2D eigenvalue weighted by Crippen LogP contribution is -1.94. The average molecular weight is 261 g/mol. The van der Waals surface area contributed by atoms with Crippen LogP contribution in [0.2, 0.25) is 0 Å². The molecule has 0 aliphatic carbocycles. The van der Waals surface area contributed by atoms with E-state index in [0.717, 1.165) is 11.3 Å². The zero-order valence-corrected chi connectivity index (χ0v) is 10.8. The zero-order chi connectivity index (χ0) is 13.0. The predicted octanol–water partition coefficient (Wildman–Crippen LogP) is 3.90. The van der Waals surface area contributed by atoms with Gasteiger partial charge in [-0.3, -0.25) is 0 Å². The van der Waals surface area contributed by atoms with Crippen molar-refractivity contribution < 1.29 is 9.13 Å². The number of hydrogen-bond donors (Lipinski definition) is 0. The summed E-state index contributed by atoms with van der Waals surface area (Å²) in [6.45, 7) is 2.53. The maximum atomic E-state index is 13.3. The van der Waals surface area contributed by atoms with Crippen molar-refractivity contribution >= 4 is 11.3 Å². The molecule has 92 valence electrons. The zero-order valence-electron chi connectivity index (χ0n) is 9.94. The van der Waals surface area contributed by atoms with Crippen LogP contribution in [0.3, 0.4) is 0 Å². The third-order valence-corrected chi connectivity index (χ3v) is 3.71. The van der Waals surface area contributed by atoms with E-state index in [9.17, 15) is 4.39 Å². The first-order chi connectivity index (χ1) is 8.72. The molecular weight excluding hydrogens is 249 g/mol. The molecule has 0 N–H and O–H groups in total. The molecule has 4 heteroatoms. The Kier molecular flexibility index (Phi) is 3.96. The third kappa shape index (κ3) is 2.88. The van der Waals surface area contributed by atoms with E-state index in [0.29, 0.717) is 12.4 Å². The minimum atomic E-state index is -0.546. The van der Waals surface area contributed by atoms with Crippen molar-refractivity contribution in [1.29, 1.82) is 5.26 Å². The first kappa shape index (κ1) is 12.6. The Bertz CT molecular complexity index is 586. The molecule has 0 radical (unpaired) electrons. The summed E-state index contributed by atoms with van der Waals surface area (Å²) in [5, 5.41) is 8.62. The highest BCUT2D eigenvalue weighted by atomic mass is 32.1. The minimum absolute atomic E-state index is 0.0340. The fourth-order valence-electron chi connectivity index (χ4n) is 1.52. The van der Waals surface area contributed by atoms with Crippen LogP contribution in [-0.2, 0) is 13.0 Å². The first-order valence-corrected chi connectivity index (χ1v) is 6.44. The summed E-state index contributed by atoms with van der Waals surface area (Å²) in [5.41, 5.74) is 0.0340. The van der Waals surface area contributed by atoms with Crippen LogP contribution in [0.15, 0.2) is 30.3 Å². The quantitative estimate of drug-likeness (QED) is 0.836. The highest BCUT2D eigenvalue weighted by molar-refractivity contribution is 7.11. The number of hydrogen-bond acceptors (Lipinski definition) is 3. The summed E-state index contributed by atoms with van der Waals surface area (Å²) in [7, 11) is 0. The molecule has 2 nitrogen and oxygen atoms in total. The second-order valence-corrected chi connectivity index (χ2v) is 5.02. The van der Waals surface area contributed by atoms with E-state index in [4.69, 9.17) is 10.00 Å². The number of benzene rings is 1. The van der Waals surface area contributed by atoms with E-state index in [2.05, 4.69) is 13.0 Å². The first-order valence-electron chi connectivity index (χ1n) is 5.63. The lowest BCUT2D eigenvalue weighted by Gasteiger charge is -2.04. The van der Waals surface area contributed by atoms with E-state index in [1.54, 1.807) is 23.5 Å². The molecule has 2 rings (SSSR count). The largest absolute Gasteiger partial charge is 0.488 e. The molecule has 0 saturated heterocycles. The molecule has 0 aliphatic heterocycles. The van der Waals surface area contributed by atoms with E-state index in [1.165, 1.54) is 17.0 Å². The monoisotopic (exact) mass is 261 g/mol. The van der Waals surface area contributed by atoms with Gasteiger partial charge in [0.15, 0.2) is 0 Å². The Morgan fingerprint density at radius 2 is 2.06 bits per heavy atom. The summed E-state index contributed by atoms with van der Waals surface area (Å²) in [4.78, 5) is 2.41. The van der Waals surface area contributed by atoms with Crippen molar-refractivity contribution in [2.45, 2.75) is 20.0 Å². The highest BCUT2D eigenvalue weighted by Gasteiger charge is 2.04. The van der Waals surface area contributed by atoms with Crippen molar-refractivity contribution in [2.24, 2.45) is 0 Å². The standard InChI is InChI=1S/C14H12FNOS/c1-2-12-5-6-13(18-12)9-17-11-4-3-10(8-16)14(15)7-11/h3-7H,2,9H2,1H3. The second kappa shape index (κ2) is 5.65. The Morgan fingerprint density at radius 1 is 1.28 bits per heavy atom. The van der Waals surface area contributed by atoms with Crippen LogP contribution in [0.25, 0.3) is 0 Å². The maximum absolute atomic E-state index is 13.3. The minimum Gasteiger partial charge on any atom is -0.488 e. The number of ether oxygens (including phenoxy) is 1. The van der Waals surface area contributed by atoms with Crippen molar-refractivity contribution in [3.05, 3.63) is 51.5 Å². The molecule has 0 fully saturated rings. The molecule has 0 atom stereocenters. The van der Waals surface area contributed by atoms with E-state index in [1.807, 2.05) is 6.07 Å². The number of nitrogens with zero attached hydrogens (tertiary/aromatic N) is 1. The Morgan fingerprint density at radius 3 is 2.67 bits per heavy atom. The summed E-state index contributed by atoms with van der Waals surface area (Å²) in [5.74, 6) is -0.103. The van der Waals surface area contributed by atoms with Crippen molar-refractivity contribution in [3.8, 4) is 11.8 Å². The lowest BCUT2D eigenvalue weighted by atomic mass is 10.2. The van der Waals surface area contributed by atoms with Gasteiger partial charge in [0.25, 0.3) is 0 Å². The van der Waals surface area contributed by atoms with Gasteiger partial charge in [-0.2, -0.15) is 5.26 Å². The van der Waals surface area contributed by atoms with Gasteiger partial charge >= 0.3 is 0 Å². The third-order valence-electron chi connectivity index (χ3n) is 2.51. The van der Waals surface area contributed by atoms with Gasteiger partial charge in [0.05, 0.1) is 5.56 Å². The molecule has 2 aromatic rings. The summed E-state index contributed by atoms with van der Waals surface area (Å²) >= 11 is 1.69. The van der Waals surface area contributed by atoms with Gasteiger partial charge in [-0.15, -0.1) is 11.3 Å². The van der Waals surface area contributed by atoms with Gasteiger partial charge in [0, 0.05) is 15.8 Å². The highest BCUT2D eigenvalue weighted by Crippen LogP contribution is 2.21. The van der Waals surface area contributed by atoms with Crippen LogP contribution in [0.5, 0.6) is 5.75 Å². The van der Waals surface area contributed by atoms with Crippen LogP contribution < -0.4 is 4.74 Å². The van der Waals surface area contributed by atoms with Gasteiger partial charge in [0.2, 0.25) is 0 Å². The van der Waals surface area contributed by atoms with Gasteiger partial charge in [-0.05, 0) is 30.7 Å². The van der Waals surface area contributed by atoms with Crippen molar-refractivity contribution in [2.75, 3.05) is 0 Å². The van der Waals surface area contributed by atoms with E-state index >= 15 is 0 Å². The summed E-state index contributed by atoms with van der Waals surface area (Å²) in [6.07, 6.45) is 1.01. The molecular formula is C14H12FNOS. The van der Waals surface area contributed by atoms with Crippen LogP contribution in [0.4, 0.5) is 4.39 Å². The van der Waals surface area contributed by atoms with Crippen molar-refractivity contribution in [3.63, 3.8) is 0 Å². The van der Waals surface area contributed by atoms with Crippen LogP contribution in [-0.4, -0.2) is 0 Å². The van der Waals surface area contributed by atoms with Gasteiger partial charge in [-0.1, -0.05) is 6.92 Å². The fraction of sp³-hybridized carbons (Fsp3) is 0.214. The molecule has 0 bridgehead atoms. The molecule has 0 saturated carbocycles. The number of thiophene rings is 1. The lowest BCUT2D eigenvalue weighted by molar-refractivity contribution is 0.308. The van der Waals surface area contributed by atoms with Crippen LogP contribution in [0.1, 0.15) is 22.2 Å². The van der Waals surface area contributed by atoms with Crippen molar-refractivity contribution in [1.82, 2.24) is 0 Å². The maximum Gasteiger partial charge on any atom is 0.144 e. The number of aryl methyl sites for hydroxylation is 1. The van der Waals surface area contributed by atoms with Gasteiger partial charge < -0.3 is 4.74 Å². The normalized spacial score (nSPS) is 10.1. The molecule has 18 heavy (non-hydrogen) atoms. The van der Waals surface area contributed by atoms with Crippen LogP contribution >= 0.6 is 11.3 Å². The Hall–Kier alpha value is -1.86. The average Bonchev–Trinajstić information content (AvgIpc) is 2.84. The molecule has 0 unspecified atom stereocenters. The summed E-state index contributed by atoms with van der Waals surface area (Å²) < 4.78 is 18.8. The SMILES string of the molecule is CCc1ccc(COc2ccc(C#N)c(F)c2)s1. The summed E-state index contributed by atoms with van der Waals surface area (Å²) in [6, 6.07) is 10.1. The number of halogens is 1. The predicted molar refractivity (Wildman–Crippen MR) is 69.1 cm³/mol. The Balaban J connectivity index is 2.02. The topological polar surface area (TPSA) is 33.0 Å². The molecule has 1 aromatic carbocycles. The fourth-order valence-corrected chi connectivity index (χ4v) is 2.39. The number of nitriles is 1. The van der Waals surface area contributed by atoms with E-state index in [-0.39, 0.29) is 5.56 Å². The molecule has 0 aliphatic rings. The van der Waals surface area contributed by atoms with Gasteiger partial charge in [0.1, 0.15) is 24.2 Å². The molecule has 1 heterocycles. The molecule has 0 amide bonds. The Labute approximate surface area is 109 Å². The smallest absolute Gasteiger partial charge is 0.144 e. The molecule has 1 aromatic heterocycles.